The van der Waals surface area contributed by atoms with Gasteiger partial charge in [-0.1, -0.05) is 12.1 Å². The van der Waals surface area contributed by atoms with Gasteiger partial charge in [0.2, 0.25) is 5.88 Å². The molecule has 0 fully saturated rings. The Kier molecular flexibility index (Phi) is 4.24. The number of ether oxygens (including phenoxy) is 1. The summed E-state index contributed by atoms with van der Waals surface area (Å²) >= 11 is 0. The van der Waals surface area contributed by atoms with Crippen LogP contribution in [-0.2, 0) is 6.54 Å². The van der Waals surface area contributed by atoms with Crippen molar-refractivity contribution in [3.05, 3.63) is 98.9 Å². The van der Waals surface area contributed by atoms with Gasteiger partial charge < -0.3 is 19.5 Å². The topological polar surface area (TPSA) is 94.2 Å². The Bertz CT molecular complexity index is 1170. The van der Waals surface area contributed by atoms with E-state index in [0.717, 1.165) is 0 Å². The molecule has 4 rings (SSSR count). The summed E-state index contributed by atoms with van der Waals surface area (Å²) in [6, 6.07) is 12.9. The van der Waals surface area contributed by atoms with Crippen LogP contribution in [0, 0.1) is 24.1 Å². The van der Waals surface area contributed by atoms with Gasteiger partial charge in [-0.2, -0.15) is 5.26 Å². The minimum atomic E-state index is -0.745. The Balaban J connectivity index is 1.94. The second-order valence-electron chi connectivity index (χ2n) is 6.51. The van der Waals surface area contributed by atoms with Crippen molar-refractivity contribution >= 4 is 0 Å². The molecule has 3 aromatic rings. The van der Waals surface area contributed by atoms with Crippen LogP contribution in [0.3, 0.4) is 0 Å². The highest BCUT2D eigenvalue weighted by atomic mass is 19.1. The fourth-order valence-electron chi connectivity index (χ4n) is 3.43. The average Bonchev–Trinajstić information content (AvgIpc) is 3.18. The number of hydrogen-bond acceptors (Lipinski definition) is 5. The van der Waals surface area contributed by atoms with Crippen LogP contribution in [0.15, 0.2) is 69.4 Å². The van der Waals surface area contributed by atoms with Crippen molar-refractivity contribution in [1.82, 2.24) is 4.57 Å². The summed E-state index contributed by atoms with van der Waals surface area (Å²) in [6.45, 7) is 2.02. The molecule has 1 atom stereocenters. The number of halogens is 1. The highest BCUT2D eigenvalue weighted by Crippen LogP contribution is 2.40. The fraction of sp³-hybridized carbons (Fsp3) is 0.143. The summed E-state index contributed by atoms with van der Waals surface area (Å²) in [7, 11) is 0. The zero-order valence-corrected chi connectivity index (χ0v) is 15.0. The summed E-state index contributed by atoms with van der Waals surface area (Å²) < 4.78 is 25.9. The summed E-state index contributed by atoms with van der Waals surface area (Å²) in [6.07, 6.45) is 1.54. The third kappa shape index (κ3) is 2.85. The molecule has 0 saturated heterocycles. The number of aryl methyl sites for hydroxylation is 1. The second-order valence-corrected chi connectivity index (χ2v) is 6.51. The van der Waals surface area contributed by atoms with Crippen LogP contribution < -0.4 is 16.0 Å². The number of nitrogens with zero attached hydrogens (tertiary/aromatic N) is 2. The molecule has 0 aliphatic carbocycles. The smallest absolute Gasteiger partial charge is 0.259 e. The number of nitriles is 1. The number of furan rings is 1. The van der Waals surface area contributed by atoms with E-state index < -0.39 is 11.7 Å². The molecule has 1 aliphatic heterocycles. The maximum atomic E-state index is 13.4. The van der Waals surface area contributed by atoms with Gasteiger partial charge in [0.05, 0.1) is 24.3 Å². The molecule has 6 nitrogen and oxygen atoms in total. The van der Waals surface area contributed by atoms with Crippen molar-refractivity contribution < 1.29 is 13.5 Å². The van der Waals surface area contributed by atoms with E-state index in [1.54, 1.807) is 29.7 Å². The average molecular weight is 377 g/mol. The minimum absolute atomic E-state index is 0.0630. The maximum Gasteiger partial charge on any atom is 0.259 e. The van der Waals surface area contributed by atoms with Gasteiger partial charge in [0.15, 0.2) is 0 Å². The van der Waals surface area contributed by atoms with Crippen LogP contribution in [-0.4, -0.2) is 4.57 Å². The first-order valence-corrected chi connectivity index (χ1v) is 8.59. The predicted molar refractivity (Wildman–Crippen MR) is 98.9 cm³/mol. The van der Waals surface area contributed by atoms with E-state index in [9.17, 15) is 14.4 Å². The molecule has 0 bridgehead atoms. The minimum Gasteiger partial charge on any atom is -0.467 e. The highest BCUT2D eigenvalue weighted by molar-refractivity contribution is 5.55. The van der Waals surface area contributed by atoms with E-state index in [0.29, 0.717) is 22.8 Å². The molecular formula is C21H16FN3O3. The van der Waals surface area contributed by atoms with E-state index in [1.165, 1.54) is 30.5 Å². The van der Waals surface area contributed by atoms with E-state index >= 15 is 0 Å². The third-order valence-electron chi connectivity index (χ3n) is 4.79. The molecule has 7 heteroatoms. The molecule has 1 aromatic carbocycles. The summed E-state index contributed by atoms with van der Waals surface area (Å²) in [5, 5.41) is 9.63. The van der Waals surface area contributed by atoms with E-state index in [-0.39, 0.29) is 29.1 Å². The van der Waals surface area contributed by atoms with Crippen LogP contribution in [0.1, 0.15) is 28.5 Å². The maximum absolute atomic E-state index is 13.4. The van der Waals surface area contributed by atoms with Gasteiger partial charge in [-0.05, 0) is 36.8 Å². The van der Waals surface area contributed by atoms with E-state index in [2.05, 4.69) is 0 Å². The molecule has 0 amide bonds. The lowest BCUT2D eigenvalue weighted by molar-refractivity contribution is 0.387. The van der Waals surface area contributed by atoms with E-state index in [4.69, 9.17) is 14.9 Å². The zero-order chi connectivity index (χ0) is 19.8. The van der Waals surface area contributed by atoms with Gasteiger partial charge in [0.1, 0.15) is 29.0 Å². The van der Waals surface area contributed by atoms with Gasteiger partial charge in [-0.15, -0.1) is 0 Å². The molecule has 1 aliphatic rings. The number of rotatable bonds is 3. The molecule has 28 heavy (non-hydrogen) atoms. The number of pyridine rings is 1. The molecular weight excluding hydrogens is 361 g/mol. The molecule has 3 heterocycles. The van der Waals surface area contributed by atoms with Crippen molar-refractivity contribution in [3.63, 3.8) is 0 Å². The van der Waals surface area contributed by atoms with Gasteiger partial charge in [0.25, 0.3) is 5.56 Å². The molecule has 0 spiro atoms. The van der Waals surface area contributed by atoms with Crippen molar-refractivity contribution in [2.75, 3.05) is 0 Å². The van der Waals surface area contributed by atoms with Crippen molar-refractivity contribution in [1.29, 1.82) is 5.26 Å². The number of nitrogens with two attached hydrogens (primary N) is 1. The van der Waals surface area contributed by atoms with Gasteiger partial charge in [-0.25, -0.2) is 4.39 Å². The summed E-state index contributed by atoms with van der Waals surface area (Å²) in [5.74, 6) is -0.303. The standard InChI is InChI=1S/C21H16FN3O3/c1-12-9-17-19(21(26)25(12)11-15-3-2-8-27-15)18(16(10-23)20(24)28-17)13-4-6-14(22)7-5-13/h2-9,18H,11,24H2,1H3/t18-/m1/s1. The quantitative estimate of drug-likeness (QED) is 0.757. The summed E-state index contributed by atoms with van der Waals surface area (Å²) in [4.78, 5) is 13.4. The number of hydrogen-bond donors (Lipinski definition) is 1. The number of allylic oxidation sites excluding steroid dienone is 1. The zero-order valence-electron chi connectivity index (χ0n) is 15.0. The highest BCUT2D eigenvalue weighted by Gasteiger charge is 2.34. The third-order valence-corrected chi connectivity index (χ3v) is 4.79. The largest absolute Gasteiger partial charge is 0.467 e. The number of fused-ring (bicyclic) bond motifs is 1. The molecule has 2 N–H and O–H groups in total. The van der Waals surface area contributed by atoms with Gasteiger partial charge >= 0.3 is 0 Å². The van der Waals surface area contributed by atoms with Gasteiger partial charge in [-0.3, -0.25) is 4.79 Å². The first-order chi connectivity index (χ1) is 13.5. The van der Waals surface area contributed by atoms with Crippen molar-refractivity contribution in [3.8, 4) is 11.8 Å². The normalized spacial score (nSPS) is 15.7. The Morgan fingerprint density at radius 3 is 2.68 bits per heavy atom. The van der Waals surface area contributed by atoms with E-state index in [1.807, 2.05) is 6.07 Å². The van der Waals surface area contributed by atoms with Crippen molar-refractivity contribution in [2.24, 2.45) is 5.73 Å². The molecule has 0 saturated carbocycles. The molecule has 0 unspecified atom stereocenters. The predicted octanol–water partition coefficient (Wildman–Crippen LogP) is 3.16. The lowest BCUT2D eigenvalue weighted by Gasteiger charge is -2.27. The summed E-state index contributed by atoms with van der Waals surface area (Å²) in [5.41, 5.74) is 7.27. The Morgan fingerprint density at radius 1 is 1.29 bits per heavy atom. The first-order valence-electron chi connectivity index (χ1n) is 8.59. The Morgan fingerprint density at radius 2 is 2.04 bits per heavy atom. The van der Waals surface area contributed by atoms with Crippen molar-refractivity contribution in [2.45, 2.75) is 19.4 Å². The Labute approximate surface area is 159 Å². The van der Waals surface area contributed by atoms with Crippen LogP contribution in [0.4, 0.5) is 4.39 Å². The molecule has 0 radical (unpaired) electrons. The second kappa shape index (κ2) is 6.74. The first kappa shape index (κ1) is 17.6. The SMILES string of the molecule is Cc1cc2c(c(=O)n1Cc1ccco1)[C@H](c1ccc(F)cc1)C(C#N)=C(N)O2. The molecule has 2 aromatic heterocycles. The monoisotopic (exact) mass is 377 g/mol. The molecule has 140 valence electrons. The van der Waals surface area contributed by atoms with Crippen LogP contribution in [0.25, 0.3) is 0 Å². The van der Waals surface area contributed by atoms with Crippen LogP contribution in [0.5, 0.6) is 5.75 Å². The van der Waals surface area contributed by atoms with Crippen LogP contribution in [0.2, 0.25) is 0 Å². The Hall–Kier alpha value is -3.79. The van der Waals surface area contributed by atoms with Gasteiger partial charge in [0, 0.05) is 11.8 Å². The lowest BCUT2D eigenvalue weighted by atomic mass is 9.84. The lowest BCUT2D eigenvalue weighted by Crippen LogP contribution is -2.33. The number of benzene rings is 1. The fourth-order valence-corrected chi connectivity index (χ4v) is 3.43. The number of aromatic nitrogens is 1. The van der Waals surface area contributed by atoms with Crippen LogP contribution >= 0.6 is 0 Å².